The van der Waals surface area contributed by atoms with E-state index in [0.29, 0.717) is 11.6 Å². The molecule has 2 aliphatic rings. The fourth-order valence-corrected chi connectivity index (χ4v) is 5.42. The highest BCUT2D eigenvalue weighted by molar-refractivity contribution is 7.89. The molecule has 0 unspecified atom stereocenters. The molecule has 1 aliphatic carbocycles. The molecule has 4 rings (SSSR count). The molecule has 2 aromatic carbocycles. The van der Waals surface area contributed by atoms with Gasteiger partial charge in [0.05, 0.1) is 0 Å². The van der Waals surface area contributed by atoms with Crippen molar-refractivity contribution in [2.75, 3.05) is 32.7 Å². The molecule has 1 N–H and O–H groups in total. The first-order chi connectivity index (χ1) is 14.3. The van der Waals surface area contributed by atoms with Crippen LogP contribution in [0, 0.1) is 5.82 Å². The molecule has 0 spiro atoms. The fourth-order valence-electron chi connectivity index (χ4n) is 3.80. The zero-order valence-corrected chi connectivity index (χ0v) is 17.9. The van der Waals surface area contributed by atoms with Gasteiger partial charge in [0.1, 0.15) is 10.7 Å². The van der Waals surface area contributed by atoms with Crippen molar-refractivity contribution in [3.63, 3.8) is 0 Å². The van der Waals surface area contributed by atoms with Gasteiger partial charge in [0, 0.05) is 43.2 Å². The minimum Gasteiger partial charge on any atom is -0.337 e. The molecule has 1 heterocycles. The molecule has 160 valence electrons. The van der Waals surface area contributed by atoms with Gasteiger partial charge in [-0.25, -0.2) is 17.6 Å². The lowest BCUT2D eigenvalue weighted by Gasteiger charge is -2.34. The van der Waals surface area contributed by atoms with Gasteiger partial charge in [-0.2, -0.15) is 4.31 Å². The van der Waals surface area contributed by atoms with Crippen LogP contribution in [-0.4, -0.2) is 56.4 Å². The van der Waals surface area contributed by atoms with Crippen LogP contribution in [0.5, 0.6) is 0 Å². The Kier molecular flexibility index (Phi) is 5.74. The predicted molar refractivity (Wildman–Crippen MR) is 112 cm³/mol. The van der Waals surface area contributed by atoms with Crippen LogP contribution in [0.25, 0.3) is 0 Å². The number of piperazine rings is 1. The Morgan fingerprint density at radius 2 is 1.67 bits per heavy atom. The third-order valence-corrected chi connectivity index (χ3v) is 8.05. The first kappa shape index (κ1) is 21.1. The quantitative estimate of drug-likeness (QED) is 0.758. The Labute approximate surface area is 180 Å². The van der Waals surface area contributed by atoms with Crippen molar-refractivity contribution in [1.29, 1.82) is 0 Å². The van der Waals surface area contributed by atoms with E-state index in [1.165, 1.54) is 22.5 Å². The molecule has 2 amide bonds. The summed E-state index contributed by atoms with van der Waals surface area (Å²) in [6.07, 6.45) is 2.01. The summed E-state index contributed by atoms with van der Waals surface area (Å²) in [4.78, 5) is 13.9. The zero-order chi connectivity index (χ0) is 21.4. The monoisotopic (exact) mass is 451 g/mol. The maximum Gasteiger partial charge on any atom is 0.317 e. The Hall–Kier alpha value is -2.16. The average molecular weight is 452 g/mol. The van der Waals surface area contributed by atoms with E-state index in [0.717, 1.165) is 24.5 Å². The van der Waals surface area contributed by atoms with Gasteiger partial charge in [0.2, 0.25) is 10.0 Å². The van der Waals surface area contributed by atoms with Crippen LogP contribution in [0.15, 0.2) is 53.4 Å². The second-order valence-corrected chi connectivity index (χ2v) is 10.1. The number of nitrogens with zero attached hydrogens (tertiary/aromatic N) is 2. The van der Waals surface area contributed by atoms with E-state index in [1.807, 2.05) is 24.3 Å². The summed E-state index contributed by atoms with van der Waals surface area (Å²) in [7, 11) is -3.92. The van der Waals surface area contributed by atoms with Crippen LogP contribution < -0.4 is 5.32 Å². The largest absolute Gasteiger partial charge is 0.337 e. The van der Waals surface area contributed by atoms with Crippen molar-refractivity contribution in [2.45, 2.75) is 23.2 Å². The molecule has 0 aromatic heterocycles. The summed E-state index contributed by atoms with van der Waals surface area (Å²) in [5.74, 6) is -0.769. The number of carbonyl (C=O) groups is 1. The molecule has 0 bridgehead atoms. The highest BCUT2D eigenvalue weighted by Crippen LogP contribution is 2.47. The van der Waals surface area contributed by atoms with E-state index in [2.05, 4.69) is 5.32 Å². The van der Waals surface area contributed by atoms with Gasteiger partial charge in [-0.05, 0) is 42.7 Å². The summed E-state index contributed by atoms with van der Waals surface area (Å²) in [6, 6.07) is 12.8. The Morgan fingerprint density at radius 1 is 1.03 bits per heavy atom. The topological polar surface area (TPSA) is 69.7 Å². The lowest BCUT2D eigenvalue weighted by atomic mass is 9.96. The second-order valence-electron chi connectivity index (χ2n) is 7.77. The third kappa shape index (κ3) is 4.17. The van der Waals surface area contributed by atoms with E-state index < -0.39 is 15.8 Å². The minimum atomic E-state index is -3.92. The molecule has 1 saturated carbocycles. The lowest BCUT2D eigenvalue weighted by Crippen LogP contribution is -2.53. The van der Waals surface area contributed by atoms with Crippen molar-refractivity contribution in [3.05, 3.63) is 64.9 Å². The maximum atomic E-state index is 13.9. The number of hydrogen-bond acceptors (Lipinski definition) is 3. The SMILES string of the molecule is O=C(NCC1(c2ccc(Cl)cc2)CC1)N1CCN(S(=O)(=O)c2ccccc2F)CC1. The summed E-state index contributed by atoms with van der Waals surface area (Å²) >= 11 is 5.96. The van der Waals surface area contributed by atoms with Crippen molar-refractivity contribution in [1.82, 2.24) is 14.5 Å². The number of rotatable bonds is 5. The first-order valence-corrected chi connectivity index (χ1v) is 11.7. The summed E-state index contributed by atoms with van der Waals surface area (Å²) in [5, 5.41) is 3.67. The number of nitrogens with one attached hydrogen (secondary N) is 1. The second kappa shape index (κ2) is 8.17. The lowest BCUT2D eigenvalue weighted by molar-refractivity contribution is 0.171. The van der Waals surface area contributed by atoms with E-state index in [1.54, 1.807) is 4.90 Å². The summed E-state index contributed by atoms with van der Waals surface area (Å²) < 4.78 is 40.5. The number of sulfonamides is 1. The van der Waals surface area contributed by atoms with Gasteiger partial charge in [-0.3, -0.25) is 0 Å². The van der Waals surface area contributed by atoms with Crippen LogP contribution in [-0.2, 0) is 15.4 Å². The highest BCUT2D eigenvalue weighted by Gasteiger charge is 2.44. The van der Waals surface area contributed by atoms with Gasteiger partial charge in [0.15, 0.2) is 0 Å². The van der Waals surface area contributed by atoms with Crippen molar-refractivity contribution >= 4 is 27.7 Å². The number of carbonyl (C=O) groups excluding carboxylic acids is 1. The van der Waals surface area contributed by atoms with Crippen LogP contribution in [0.1, 0.15) is 18.4 Å². The van der Waals surface area contributed by atoms with E-state index in [-0.39, 0.29) is 42.5 Å². The normalized spacial score (nSPS) is 18.8. The molecular weight excluding hydrogens is 429 g/mol. The van der Waals surface area contributed by atoms with Gasteiger partial charge >= 0.3 is 6.03 Å². The van der Waals surface area contributed by atoms with Gasteiger partial charge < -0.3 is 10.2 Å². The number of urea groups is 1. The Morgan fingerprint density at radius 3 is 2.27 bits per heavy atom. The molecule has 2 fully saturated rings. The molecule has 30 heavy (non-hydrogen) atoms. The van der Waals surface area contributed by atoms with Crippen molar-refractivity contribution in [3.8, 4) is 0 Å². The van der Waals surface area contributed by atoms with Gasteiger partial charge in [0.25, 0.3) is 0 Å². The first-order valence-electron chi connectivity index (χ1n) is 9.85. The van der Waals surface area contributed by atoms with Crippen LogP contribution in [0.3, 0.4) is 0 Å². The maximum absolute atomic E-state index is 13.9. The van der Waals surface area contributed by atoms with E-state index in [4.69, 9.17) is 11.6 Å². The number of benzene rings is 2. The predicted octanol–water partition coefficient (Wildman–Crippen LogP) is 3.23. The standard InChI is InChI=1S/C21H23ClFN3O3S/c22-17-7-5-16(6-8-17)21(9-10-21)15-24-20(27)25-11-13-26(14-12-25)30(28,29)19-4-2-1-3-18(19)23/h1-8H,9-15H2,(H,24,27). The Bertz CT molecular complexity index is 1030. The van der Waals surface area contributed by atoms with Gasteiger partial charge in [-0.1, -0.05) is 35.9 Å². The average Bonchev–Trinajstić information content (AvgIpc) is 3.54. The number of amides is 2. The molecule has 0 radical (unpaired) electrons. The van der Waals surface area contributed by atoms with Gasteiger partial charge in [-0.15, -0.1) is 0 Å². The molecule has 2 aromatic rings. The van der Waals surface area contributed by atoms with Crippen LogP contribution in [0.4, 0.5) is 9.18 Å². The molecule has 6 nitrogen and oxygen atoms in total. The van der Waals surface area contributed by atoms with Crippen LogP contribution >= 0.6 is 11.6 Å². The molecule has 9 heteroatoms. The smallest absolute Gasteiger partial charge is 0.317 e. The van der Waals surface area contributed by atoms with E-state index in [9.17, 15) is 17.6 Å². The number of hydrogen-bond donors (Lipinski definition) is 1. The summed E-state index contributed by atoms with van der Waals surface area (Å²) in [6.45, 7) is 1.31. The number of halogens is 2. The molecule has 1 aliphatic heterocycles. The molecular formula is C21H23ClFN3O3S. The third-order valence-electron chi connectivity index (χ3n) is 5.87. The van der Waals surface area contributed by atoms with E-state index >= 15 is 0 Å². The molecule has 1 saturated heterocycles. The van der Waals surface area contributed by atoms with Crippen molar-refractivity contribution in [2.24, 2.45) is 0 Å². The fraction of sp³-hybridized carbons (Fsp3) is 0.381. The van der Waals surface area contributed by atoms with Crippen molar-refractivity contribution < 1.29 is 17.6 Å². The zero-order valence-electron chi connectivity index (χ0n) is 16.4. The molecule has 0 atom stereocenters. The van der Waals surface area contributed by atoms with Crippen LogP contribution in [0.2, 0.25) is 5.02 Å². The summed E-state index contributed by atoms with van der Waals surface area (Å²) in [5.41, 5.74) is 1.11. The Balaban J connectivity index is 1.33. The minimum absolute atomic E-state index is 0.0454. The highest BCUT2D eigenvalue weighted by atomic mass is 35.5.